The highest BCUT2D eigenvalue weighted by Gasteiger charge is 2.35. The summed E-state index contributed by atoms with van der Waals surface area (Å²) in [5, 5.41) is 11.1. The molecule has 116 valence electrons. The molecule has 1 atom stereocenters. The van der Waals surface area contributed by atoms with Crippen LogP contribution in [0.4, 0.5) is 0 Å². The van der Waals surface area contributed by atoms with E-state index < -0.39 is 12.0 Å². The van der Waals surface area contributed by atoms with Gasteiger partial charge in [0.05, 0.1) is 13.0 Å². The van der Waals surface area contributed by atoms with E-state index in [1.807, 2.05) is 22.4 Å². The van der Waals surface area contributed by atoms with Crippen molar-refractivity contribution in [2.75, 3.05) is 33.4 Å². The Kier molecular flexibility index (Phi) is 5.72. The number of carbonyl (C=O) groups is 2. The summed E-state index contributed by atoms with van der Waals surface area (Å²) in [6, 6.07) is 3.38. The maximum absolute atomic E-state index is 12.5. The lowest BCUT2D eigenvalue weighted by Gasteiger charge is -2.39. The molecule has 1 aliphatic heterocycles. The van der Waals surface area contributed by atoms with Crippen LogP contribution in [0.2, 0.25) is 0 Å². The van der Waals surface area contributed by atoms with Gasteiger partial charge < -0.3 is 14.7 Å². The van der Waals surface area contributed by atoms with Gasteiger partial charge >= 0.3 is 5.97 Å². The van der Waals surface area contributed by atoms with Gasteiger partial charge in [0.2, 0.25) is 5.91 Å². The molecule has 0 saturated carbocycles. The van der Waals surface area contributed by atoms with Crippen molar-refractivity contribution in [3.05, 3.63) is 22.4 Å². The molecular formula is C14H20N2O4S. The molecule has 0 bridgehead atoms. The summed E-state index contributed by atoms with van der Waals surface area (Å²) in [4.78, 5) is 28.3. The molecule has 0 radical (unpaired) electrons. The summed E-state index contributed by atoms with van der Waals surface area (Å²) >= 11 is 1.62. The molecule has 1 aliphatic rings. The molecule has 2 rings (SSSR count). The summed E-state index contributed by atoms with van der Waals surface area (Å²) in [6.07, 6.45) is -0.159. The average molecular weight is 312 g/mol. The average Bonchev–Trinajstić information content (AvgIpc) is 2.94. The molecule has 0 aromatic carbocycles. The number of carbonyl (C=O) groups excluding carboxylic acids is 1. The van der Waals surface area contributed by atoms with Crippen LogP contribution in [-0.4, -0.2) is 66.2 Å². The number of nitrogens with zero attached hydrogens (tertiary/aromatic N) is 2. The van der Waals surface area contributed by atoms with Gasteiger partial charge in [-0.25, -0.2) is 0 Å². The molecule has 1 amide bonds. The van der Waals surface area contributed by atoms with Crippen molar-refractivity contribution in [3.63, 3.8) is 0 Å². The summed E-state index contributed by atoms with van der Waals surface area (Å²) < 4.78 is 5.00. The van der Waals surface area contributed by atoms with E-state index >= 15 is 0 Å². The molecule has 21 heavy (non-hydrogen) atoms. The van der Waals surface area contributed by atoms with E-state index in [0.29, 0.717) is 32.8 Å². The Balaban J connectivity index is 2.06. The lowest BCUT2D eigenvalue weighted by atomic mass is 10.1. The Morgan fingerprint density at radius 3 is 2.95 bits per heavy atom. The van der Waals surface area contributed by atoms with Crippen LogP contribution in [0.3, 0.4) is 0 Å². The molecule has 1 saturated heterocycles. The second kappa shape index (κ2) is 7.53. The quantitative estimate of drug-likeness (QED) is 0.809. The van der Waals surface area contributed by atoms with Crippen molar-refractivity contribution in [2.45, 2.75) is 19.0 Å². The first-order valence-electron chi connectivity index (χ1n) is 6.87. The molecule has 0 aliphatic carbocycles. The molecule has 7 heteroatoms. The first kappa shape index (κ1) is 15.9. The molecule has 2 heterocycles. The normalized spacial score (nSPS) is 20.0. The number of amides is 1. The molecule has 1 unspecified atom stereocenters. The number of piperazine rings is 1. The summed E-state index contributed by atoms with van der Waals surface area (Å²) in [5.74, 6) is -1.06. The first-order valence-corrected chi connectivity index (χ1v) is 7.75. The monoisotopic (exact) mass is 312 g/mol. The minimum absolute atomic E-state index is 0.114. The Labute approximate surface area is 127 Å². The summed E-state index contributed by atoms with van der Waals surface area (Å²) in [5.41, 5.74) is 0. The predicted octanol–water partition coefficient (Wildman–Crippen LogP) is 0.882. The van der Waals surface area contributed by atoms with Crippen molar-refractivity contribution in [2.24, 2.45) is 0 Å². The number of carboxylic acid groups (broad SMARTS) is 1. The van der Waals surface area contributed by atoms with Crippen LogP contribution >= 0.6 is 11.3 Å². The molecule has 1 aromatic rings. The Morgan fingerprint density at radius 1 is 1.52 bits per heavy atom. The molecule has 0 spiro atoms. The van der Waals surface area contributed by atoms with Gasteiger partial charge in [0.25, 0.3) is 0 Å². The summed E-state index contributed by atoms with van der Waals surface area (Å²) in [7, 11) is 1.59. The van der Waals surface area contributed by atoms with Crippen LogP contribution in [-0.2, 0) is 20.9 Å². The number of aliphatic carboxylic acids is 1. The highest BCUT2D eigenvalue weighted by molar-refractivity contribution is 7.09. The molecule has 6 nitrogen and oxygen atoms in total. The van der Waals surface area contributed by atoms with Gasteiger partial charge in [-0.15, -0.1) is 11.3 Å². The van der Waals surface area contributed by atoms with E-state index in [1.165, 1.54) is 0 Å². The number of hydrogen-bond acceptors (Lipinski definition) is 5. The van der Waals surface area contributed by atoms with Gasteiger partial charge in [-0.1, -0.05) is 6.07 Å². The Hall–Kier alpha value is -1.44. The minimum Gasteiger partial charge on any atom is -0.481 e. The lowest BCUT2D eigenvalue weighted by Crippen LogP contribution is -2.57. The zero-order valence-electron chi connectivity index (χ0n) is 12.0. The van der Waals surface area contributed by atoms with Gasteiger partial charge in [0.15, 0.2) is 0 Å². The smallest absolute Gasteiger partial charge is 0.305 e. The zero-order valence-corrected chi connectivity index (χ0v) is 12.8. The topological polar surface area (TPSA) is 70.1 Å². The van der Waals surface area contributed by atoms with Crippen LogP contribution in [0.15, 0.2) is 17.5 Å². The molecule has 1 N–H and O–H groups in total. The van der Waals surface area contributed by atoms with Crippen LogP contribution in [0, 0.1) is 0 Å². The maximum Gasteiger partial charge on any atom is 0.305 e. The second-order valence-electron chi connectivity index (χ2n) is 4.98. The number of methoxy groups -OCH3 is 1. The first-order chi connectivity index (χ1) is 10.1. The molecular weight excluding hydrogens is 292 g/mol. The Bertz CT molecular complexity index is 477. The predicted molar refractivity (Wildman–Crippen MR) is 79.2 cm³/mol. The van der Waals surface area contributed by atoms with E-state index in [1.54, 1.807) is 23.3 Å². The van der Waals surface area contributed by atoms with Crippen LogP contribution in [0.25, 0.3) is 0 Å². The highest BCUT2D eigenvalue weighted by atomic mass is 32.1. The number of ether oxygens (including phenoxy) is 1. The van der Waals surface area contributed by atoms with Crippen LogP contribution in [0.1, 0.15) is 11.3 Å². The van der Waals surface area contributed by atoms with Crippen molar-refractivity contribution < 1.29 is 19.4 Å². The largest absolute Gasteiger partial charge is 0.481 e. The zero-order chi connectivity index (χ0) is 15.2. The van der Waals surface area contributed by atoms with E-state index in [-0.39, 0.29) is 12.3 Å². The fraction of sp³-hybridized carbons (Fsp3) is 0.571. The van der Waals surface area contributed by atoms with E-state index in [0.717, 1.165) is 4.88 Å². The maximum atomic E-state index is 12.5. The van der Waals surface area contributed by atoms with E-state index in [2.05, 4.69) is 0 Å². The standard InChI is InChI=1S/C14H20N2O4S/c1-20-7-6-15-4-5-16(10-11-3-2-8-21-11)12(14(15)19)9-13(17)18/h2-3,8,12H,4-7,9-10H2,1H3,(H,17,18). The fourth-order valence-corrected chi connectivity index (χ4v) is 3.21. The van der Waals surface area contributed by atoms with E-state index in [4.69, 9.17) is 9.84 Å². The van der Waals surface area contributed by atoms with Gasteiger partial charge in [-0.2, -0.15) is 0 Å². The number of rotatable bonds is 7. The Morgan fingerprint density at radius 2 is 2.33 bits per heavy atom. The fourth-order valence-electron chi connectivity index (χ4n) is 2.48. The second-order valence-corrected chi connectivity index (χ2v) is 6.01. The van der Waals surface area contributed by atoms with Crippen molar-refractivity contribution in [1.29, 1.82) is 0 Å². The number of hydrogen-bond donors (Lipinski definition) is 1. The molecule has 1 fully saturated rings. The van der Waals surface area contributed by atoms with Crippen LogP contribution in [0.5, 0.6) is 0 Å². The van der Waals surface area contributed by atoms with E-state index in [9.17, 15) is 9.59 Å². The summed E-state index contributed by atoms with van der Waals surface area (Å²) in [6.45, 7) is 2.91. The van der Waals surface area contributed by atoms with Gasteiger partial charge in [-0.05, 0) is 11.4 Å². The van der Waals surface area contributed by atoms with Gasteiger partial charge in [0, 0.05) is 38.2 Å². The third kappa shape index (κ3) is 4.26. The number of thiophene rings is 1. The van der Waals surface area contributed by atoms with Crippen molar-refractivity contribution in [1.82, 2.24) is 9.80 Å². The minimum atomic E-state index is -0.946. The van der Waals surface area contributed by atoms with Gasteiger partial charge in [-0.3, -0.25) is 14.5 Å². The molecule has 1 aromatic heterocycles. The third-order valence-electron chi connectivity index (χ3n) is 3.57. The third-order valence-corrected chi connectivity index (χ3v) is 4.43. The number of carboxylic acids is 1. The lowest BCUT2D eigenvalue weighted by molar-refractivity contribution is -0.150. The SMILES string of the molecule is COCCN1CCN(Cc2cccs2)C(CC(=O)O)C1=O. The van der Waals surface area contributed by atoms with Crippen LogP contribution < -0.4 is 0 Å². The van der Waals surface area contributed by atoms with Gasteiger partial charge in [0.1, 0.15) is 6.04 Å². The van der Waals surface area contributed by atoms with Crippen molar-refractivity contribution >= 4 is 23.2 Å². The highest BCUT2D eigenvalue weighted by Crippen LogP contribution is 2.20. The van der Waals surface area contributed by atoms with Crippen molar-refractivity contribution in [3.8, 4) is 0 Å².